The zero-order valence-electron chi connectivity index (χ0n) is 14.0. The predicted molar refractivity (Wildman–Crippen MR) is 93.2 cm³/mol. The number of thiophene rings is 1. The Morgan fingerprint density at radius 3 is 3.04 bits per heavy atom. The minimum atomic E-state index is 0.105. The summed E-state index contributed by atoms with van der Waals surface area (Å²) in [6, 6.07) is 3.82. The molecule has 1 aliphatic heterocycles. The molecule has 128 valence electrons. The van der Waals surface area contributed by atoms with Crippen molar-refractivity contribution in [2.24, 2.45) is 5.92 Å². The van der Waals surface area contributed by atoms with Crippen LogP contribution in [0.25, 0.3) is 0 Å². The Kier molecular flexibility index (Phi) is 4.41. The molecular formula is C18H23N3O2S. The van der Waals surface area contributed by atoms with Crippen LogP contribution in [0.15, 0.2) is 23.8 Å². The van der Waals surface area contributed by atoms with E-state index < -0.39 is 0 Å². The fourth-order valence-corrected chi connectivity index (χ4v) is 4.14. The Morgan fingerprint density at radius 1 is 1.46 bits per heavy atom. The number of amides is 1. The van der Waals surface area contributed by atoms with E-state index in [0.29, 0.717) is 26.3 Å². The van der Waals surface area contributed by atoms with Crippen molar-refractivity contribution < 1.29 is 9.53 Å². The van der Waals surface area contributed by atoms with E-state index in [1.54, 1.807) is 0 Å². The monoisotopic (exact) mass is 345 g/mol. The van der Waals surface area contributed by atoms with Crippen molar-refractivity contribution in [3.63, 3.8) is 0 Å². The van der Waals surface area contributed by atoms with Crippen LogP contribution < -0.4 is 0 Å². The molecule has 2 aromatic rings. The van der Waals surface area contributed by atoms with Gasteiger partial charge >= 0.3 is 0 Å². The molecule has 0 saturated heterocycles. The molecule has 1 aliphatic carbocycles. The highest BCUT2D eigenvalue weighted by Crippen LogP contribution is 2.35. The third-order valence-electron chi connectivity index (χ3n) is 4.82. The van der Waals surface area contributed by atoms with Crippen LogP contribution in [-0.4, -0.2) is 40.1 Å². The lowest BCUT2D eigenvalue weighted by Gasteiger charge is -2.33. The summed E-state index contributed by atoms with van der Waals surface area (Å²) in [7, 11) is 0. The van der Waals surface area contributed by atoms with Crippen LogP contribution >= 0.6 is 11.3 Å². The van der Waals surface area contributed by atoms with Crippen LogP contribution in [-0.2, 0) is 17.8 Å². The van der Waals surface area contributed by atoms with Gasteiger partial charge in [-0.3, -0.25) is 4.79 Å². The van der Waals surface area contributed by atoms with Crippen molar-refractivity contribution in [1.82, 2.24) is 14.5 Å². The summed E-state index contributed by atoms with van der Waals surface area (Å²) >= 11 is 1.50. The second kappa shape index (κ2) is 6.69. The zero-order valence-corrected chi connectivity index (χ0v) is 14.8. The molecule has 1 unspecified atom stereocenters. The molecule has 1 saturated carbocycles. The normalized spacial score (nSPS) is 20.2. The third-order valence-corrected chi connectivity index (χ3v) is 5.68. The number of imidazole rings is 1. The number of nitrogens with zero attached hydrogens (tertiary/aromatic N) is 3. The van der Waals surface area contributed by atoms with Crippen molar-refractivity contribution in [2.75, 3.05) is 19.8 Å². The van der Waals surface area contributed by atoms with E-state index in [-0.39, 0.29) is 11.8 Å². The Bertz CT molecular complexity index is 706. The smallest absolute Gasteiger partial charge is 0.264 e. The van der Waals surface area contributed by atoms with Crippen LogP contribution in [0.3, 0.4) is 0 Å². The lowest BCUT2D eigenvalue weighted by atomic mass is 9.98. The fraction of sp³-hybridized carbons (Fsp3) is 0.556. The summed E-state index contributed by atoms with van der Waals surface area (Å²) in [4.78, 5) is 20.1. The standard InChI is InChI=1S/C18H23N3O2S/c1-2-23-11-14-9-20(18(22)16-4-3-7-24-16)10-15-17(14)21(12-19-15)8-13-5-6-13/h3-4,7,12-14H,2,5-6,8-11H2,1H3. The Labute approximate surface area is 146 Å². The number of carbonyl (C=O) groups excluding carboxylic acids is 1. The molecule has 4 rings (SSSR count). The van der Waals surface area contributed by atoms with E-state index in [9.17, 15) is 4.79 Å². The van der Waals surface area contributed by atoms with E-state index in [0.717, 1.165) is 23.0 Å². The van der Waals surface area contributed by atoms with E-state index in [1.165, 1.54) is 29.9 Å². The SMILES string of the molecule is CCOCC1CN(C(=O)c2cccs2)Cc2ncn(CC3CC3)c21. The lowest BCUT2D eigenvalue weighted by molar-refractivity contribution is 0.0648. The second-order valence-electron chi connectivity index (χ2n) is 6.69. The number of fused-ring (bicyclic) bond motifs is 1. The van der Waals surface area contributed by atoms with E-state index in [1.807, 2.05) is 35.7 Å². The number of ether oxygens (including phenoxy) is 1. The van der Waals surface area contributed by atoms with Crippen LogP contribution in [0.1, 0.15) is 46.7 Å². The fourth-order valence-electron chi connectivity index (χ4n) is 3.45. The number of hydrogen-bond acceptors (Lipinski definition) is 4. The molecule has 0 bridgehead atoms. The van der Waals surface area contributed by atoms with Gasteiger partial charge in [0.1, 0.15) is 0 Å². The van der Waals surface area contributed by atoms with Crippen molar-refractivity contribution in [3.8, 4) is 0 Å². The molecule has 6 heteroatoms. The van der Waals surface area contributed by atoms with Gasteiger partial charge < -0.3 is 14.2 Å². The quantitative estimate of drug-likeness (QED) is 0.808. The van der Waals surface area contributed by atoms with Gasteiger partial charge in [-0.15, -0.1) is 11.3 Å². The van der Waals surface area contributed by atoms with Crippen LogP contribution in [0, 0.1) is 5.92 Å². The van der Waals surface area contributed by atoms with Gasteiger partial charge in [0.2, 0.25) is 0 Å². The van der Waals surface area contributed by atoms with Crippen LogP contribution in [0.2, 0.25) is 0 Å². The molecule has 1 amide bonds. The highest BCUT2D eigenvalue weighted by atomic mass is 32.1. The van der Waals surface area contributed by atoms with Gasteiger partial charge in [0.05, 0.1) is 30.1 Å². The first kappa shape index (κ1) is 15.8. The molecule has 0 N–H and O–H groups in total. The molecule has 24 heavy (non-hydrogen) atoms. The third kappa shape index (κ3) is 3.13. The molecule has 1 fully saturated rings. The van der Waals surface area contributed by atoms with E-state index >= 15 is 0 Å². The van der Waals surface area contributed by atoms with Crippen LogP contribution in [0.5, 0.6) is 0 Å². The van der Waals surface area contributed by atoms with Gasteiger partial charge in [-0.1, -0.05) is 6.07 Å². The predicted octanol–water partition coefficient (Wildman–Crippen LogP) is 3.13. The minimum absolute atomic E-state index is 0.105. The van der Waals surface area contributed by atoms with E-state index in [4.69, 9.17) is 4.74 Å². The second-order valence-corrected chi connectivity index (χ2v) is 7.64. The summed E-state index contributed by atoms with van der Waals surface area (Å²) in [5, 5.41) is 1.95. The lowest BCUT2D eigenvalue weighted by Crippen LogP contribution is -2.40. The molecule has 3 heterocycles. The van der Waals surface area contributed by atoms with Gasteiger partial charge in [0.25, 0.3) is 5.91 Å². The van der Waals surface area contributed by atoms with Crippen molar-refractivity contribution >= 4 is 17.2 Å². The molecule has 1 atom stereocenters. The first-order valence-electron chi connectivity index (χ1n) is 8.70. The first-order chi connectivity index (χ1) is 11.8. The van der Waals surface area contributed by atoms with Crippen LogP contribution in [0.4, 0.5) is 0 Å². The summed E-state index contributed by atoms with van der Waals surface area (Å²) < 4.78 is 8.03. The number of carbonyl (C=O) groups is 1. The molecule has 0 radical (unpaired) electrons. The van der Waals surface area contributed by atoms with Gasteiger partial charge in [0, 0.05) is 31.3 Å². The topological polar surface area (TPSA) is 47.4 Å². The number of rotatable bonds is 6. The Hall–Kier alpha value is -1.66. The molecular weight excluding hydrogens is 322 g/mol. The average molecular weight is 345 g/mol. The summed E-state index contributed by atoms with van der Waals surface area (Å²) in [5.74, 6) is 1.12. The van der Waals surface area contributed by atoms with E-state index in [2.05, 4.69) is 9.55 Å². The number of hydrogen-bond donors (Lipinski definition) is 0. The Balaban J connectivity index is 1.59. The van der Waals surface area contributed by atoms with Crippen molar-refractivity contribution in [3.05, 3.63) is 40.1 Å². The van der Waals surface area contributed by atoms with Crippen molar-refractivity contribution in [2.45, 2.75) is 38.8 Å². The summed E-state index contributed by atoms with van der Waals surface area (Å²) in [6.45, 7) is 5.73. The highest BCUT2D eigenvalue weighted by molar-refractivity contribution is 7.12. The summed E-state index contributed by atoms with van der Waals surface area (Å²) in [6.07, 6.45) is 4.61. The van der Waals surface area contributed by atoms with Gasteiger partial charge in [-0.2, -0.15) is 0 Å². The number of aromatic nitrogens is 2. The molecule has 2 aliphatic rings. The average Bonchev–Trinajstić information content (AvgIpc) is 3.09. The molecule has 0 aromatic carbocycles. The molecule has 5 nitrogen and oxygen atoms in total. The minimum Gasteiger partial charge on any atom is -0.381 e. The van der Waals surface area contributed by atoms with Gasteiger partial charge in [-0.25, -0.2) is 4.98 Å². The van der Waals surface area contributed by atoms with Crippen molar-refractivity contribution in [1.29, 1.82) is 0 Å². The maximum Gasteiger partial charge on any atom is 0.264 e. The van der Waals surface area contributed by atoms with Gasteiger partial charge in [-0.05, 0) is 37.1 Å². The Morgan fingerprint density at radius 2 is 2.33 bits per heavy atom. The highest BCUT2D eigenvalue weighted by Gasteiger charge is 2.34. The maximum absolute atomic E-state index is 12.7. The largest absolute Gasteiger partial charge is 0.381 e. The summed E-state index contributed by atoms with van der Waals surface area (Å²) in [5.41, 5.74) is 2.32. The van der Waals surface area contributed by atoms with Gasteiger partial charge in [0.15, 0.2) is 0 Å². The first-order valence-corrected chi connectivity index (χ1v) is 9.58. The zero-order chi connectivity index (χ0) is 16.5. The molecule has 2 aromatic heterocycles. The molecule has 0 spiro atoms. The maximum atomic E-state index is 12.7.